The van der Waals surface area contributed by atoms with Crippen LogP contribution in [0.1, 0.15) is 97.8 Å². The van der Waals surface area contributed by atoms with Gasteiger partial charge in [-0.2, -0.15) is 8.42 Å². The summed E-state index contributed by atoms with van der Waals surface area (Å²) in [5, 5.41) is 10.1. The second kappa shape index (κ2) is 18.1. The molecule has 0 aliphatic rings. The minimum atomic E-state index is -4.67. The van der Waals surface area contributed by atoms with Crippen LogP contribution in [0.25, 0.3) is 0 Å². The van der Waals surface area contributed by atoms with Crippen LogP contribution in [-0.2, 0) is 19.9 Å². The van der Waals surface area contributed by atoms with Crippen LogP contribution in [0.3, 0.4) is 0 Å². The van der Waals surface area contributed by atoms with Gasteiger partial charge < -0.3 is 14.6 Å². The summed E-state index contributed by atoms with van der Waals surface area (Å²) in [7, 11) is -4.67. The van der Waals surface area contributed by atoms with Gasteiger partial charge in [0.05, 0.1) is 0 Å². The van der Waals surface area contributed by atoms with Crippen molar-refractivity contribution in [3.05, 3.63) is 0 Å². The van der Waals surface area contributed by atoms with Crippen LogP contribution in [0.4, 0.5) is 0 Å². The molecule has 0 spiro atoms. The first-order chi connectivity index (χ1) is 12.2. The molecule has 0 aromatic heterocycles. The Balaban J connectivity index is 0. The van der Waals surface area contributed by atoms with Crippen LogP contribution in [-0.4, -0.2) is 41.8 Å². The molecule has 0 heterocycles. The molecule has 8 heteroatoms. The highest BCUT2D eigenvalue weighted by Crippen LogP contribution is 2.19. The Kier molecular flexibility index (Phi) is 19.5. The molecule has 0 aromatic rings. The zero-order chi connectivity index (χ0) is 20.3. The highest BCUT2D eigenvalue weighted by molar-refractivity contribution is 7.79. The zero-order valence-electron chi connectivity index (χ0n) is 16.8. The molecule has 0 saturated carbocycles. The Morgan fingerprint density at radius 1 is 0.692 bits per heavy atom. The highest BCUT2D eigenvalue weighted by atomic mass is 32.3. The van der Waals surface area contributed by atoms with E-state index in [-0.39, 0.29) is 0 Å². The van der Waals surface area contributed by atoms with Crippen molar-refractivity contribution in [3.63, 3.8) is 0 Å². The number of aliphatic hydroxyl groups is 1. The van der Waals surface area contributed by atoms with Gasteiger partial charge in [-0.15, -0.1) is 0 Å². The summed E-state index contributed by atoms with van der Waals surface area (Å²) in [6.07, 6.45) is 14.9. The SMILES string of the molecule is CCCCCCCCCCCCCC(O)(OCC)OCC.O=S(=O)(O)O. The van der Waals surface area contributed by atoms with Crippen molar-refractivity contribution in [1.82, 2.24) is 0 Å². The summed E-state index contributed by atoms with van der Waals surface area (Å²) >= 11 is 0. The minimum absolute atomic E-state index is 0.481. The summed E-state index contributed by atoms with van der Waals surface area (Å²) < 4.78 is 42.2. The van der Waals surface area contributed by atoms with E-state index < -0.39 is 16.4 Å². The summed E-state index contributed by atoms with van der Waals surface area (Å²) in [5.74, 6) is -1.36. The molecule has 0 fully saturated rings. The Morgan fingerprint density at radius 3 is 1.31 bits per heavy atom. The smallest absolute Gasteiger partial charge is 0.343 e. The van der Waals surface area contributed by atoms with Gasteiger partial charge in [-0.1, -0.05) is 71.1 Å². The summed E-state index contributed by atoms with van der Waals surface area (Å²) in [5.41, 5.74) is 0. The first-order valence-electron chi connectivity index (χ1n) is 9.88. The highest BCUT2D eigenvalue weighted by Gasteiger charge is 2.26. The van der Waals surface area contributed by atoms with Gasteiger partial charge in [0.25, 0.3) is 5.97 Å². The monoisotopic (exact) mass is 400 g/mol. The molecule has 0 bridgehead atoms. The van der Waals surface area contributed by atoms with Crippen molar-refractivity contribution in [2.45, 2.75) is 104 Å². The lowest BCUT2D eigenvalue weighted by Gasteiger charge is -2.26. The molecule has 0 unspecified atom stereocenters. The zero-order valence-corrected chi connectivity index (χ0v) is 17.6. The number of unbranched alkanes of at least 4 members (excludes halogenated alkanes) is 10. The predicted molar refractivity (Wildman–Crippen MR) is 103 cm³/mol. The maximum absolute atomic E-state index is 10.1. The molecule has 0 saturated heterocycles. The van der Waals surface area contributed by atoms with Crippen molar-refractivity contribution in [1.29, 1.82) is 0 Å². The molecule has 26 heavy (non-hydrogen) atoms. The molecular formula is C18H40O7S. The van der Waals surface area contributed by atoms with Crippen molar-refractivity contribution in [3.8, 4) is 0 Å². The molecule has 7 nitrogen and oxygen atoms in total. The van der Waals surface area contributed by atoms with Crippen molar-refractivity contribution < 1.29 is 32.1 Å². The van der Waals surface area contributed by atoms with Gasteiger partial charge in [0, 0.05) is 19.6 Å². The third-order valence-corrected chi connectivity index (χ3v) is 3.84. The largest absolute Gasteiger partial charge is 0.394 e. The molecule has 0 aliphatic carbocycles. The maximum atomic E-state index is 10.1. The Bertz CT molecular complexity index is 371. The molecular weight excluding hydrogens is 360 g/mol. The standard InChI is InChI=1S/C18H38O3.H2O4S/c1-4-7-8-9-10-11-12-13-14-15-16-17-18(19,20-5-2)21-6-3;1-5(2,3)4/h19H,4-17H2,1-3H3;(H2,1,2,3,4). The van der Waals surface area contributed by atoms with Gasteiger partial charge >= 0.3 is 10.4 Å². The van der Waals surface area contributed by atoms with Crippen molar-refractivity contribution in [2.75, 3.05) is 13.2 Å². The summed E-state index contributed by atoms with van der Waals surface area (Å²) in [4.78, 5) is 0. The number of ether oxygens (including phenoxy) is 2. The third-order valence-electron chi connectivity index (χ3n) is 3.84. The van der Waals surface area contributed by atoms with Crippen LogP contribution in [0.15, 0.2) is 0 Å². The van der Waals surface area contributed by atoms with E-state index in [0.717, 1.165) is 12.8 Å². The Labute approximate surface area is 160 Å². The van der Waals surface area contributed by atoms with Crippen LogP contribution >= 0.6 is 0 Å². The van der Waals surface area contributed by atoms with Crippen LogP contribution in [0, 0.1) is 0 Å². The number of hydrogen-bond acceptors (Lipinski definition) is 5. The fourth-order valence-corrected chi connectivity index (χ4v) is 2.65. The van der Waals surface area contributed by atoms with Crippen molar-refractivity contribution >= 4 is 10.4 Å². The third kappa shape index (κ3) is 26.0. The van der Waals surface area contributed by atoms with Gasteiger partial charge in [-0.3, -0.25) is 9.11 Å². The number of hydrogen-bond donors (Lipinski definition) is 3. The van der Waals surface area contributed by atoms with E-state index >= 15 is 0 Å². The average Bonchev–Trinajstić information content (AvgIpc) is 2.51. The molecule has 0 rings (SSSR count). The lowest BCUT2D eigenvalue weighted by Crippen LogP contribution is -2.35. The summed E-state index contributed by atoms with van der Waals surface area (Å²) in [6, 6.07) is 0. The summed E-state index contributed by atoms with van der Waals surface area (Å²) in [6.45, 7) is 6.98. The quantitative estimate of drug-likeness (QED) is 0.194. The number of rotatable bonds is 16. The maximum Gasteiger partial charge on any atom is 0.394 e. The van der Waals surface area contributed by atoms with Crippen molar-refractivity contribution in [2.24, 2.45) is 0 Å². The van der Waals surface area contributed by atoms with E-state index in [1.165, 1.54) is 57.8 Å². The molecule has 0 atom stereocenters. The lowest BCUT2D eigenvalue weighted by molar-refractivity contribution is -0.360. The second-order valence-corrected chi connectivity index (χ2v) is 7.21. The average molecular weight is 401 g/mol. The van der Waals surface area contributed by atoms with Gasteiger partial charge in [0.1, 0.15) is 0 Å². The first-order valence-corrected chi connectivity index (χ1v) is 11.3. The normalized spacial score (nSPS) is 11.9. The van der Waals surface area contributed by atoms with Crippen LogP contribution in [0.5, 0.6) is 0 Å². The minimum Gasteiger partial charge on any atom is -0.343 e. The Hall–Kier alpha value is -0.250. The van der Waals surface area contributed by atoms with E-state index in [4.69, 9.17) is 27.0 Å². The van der Waals surface area contributed by atoms with E-state index in [2.05, 4.69) is 6.92 Å². The molecule has 3 N–H and O–H groups in total. The molecule has 160 valence electrons. The first kappa shape index (κ1) is 28.0. The van der Waals surface area contributed by atoms with E-state index in [1.54, 1.807) is 0 Å². The van der Waals surface area contributed by atoms with Crippen LogP contribution < -0.4 is 0 Å². The topological polar surface area (TPSA) is 113 Å². The van der Waals surface area contributed by atoms with Gasteiger partial charge in [-0.25, -0.2) is 0 Å². The molecule has 0 aliphatic heterocycles. The lowest BCUT2D eigenvalue weighted by atomic mass is 10.0. The van der Waals surface area contributed by atoms with Crippen LogP contribution in [0.2, 0.25) is 0 Å². The molecule has 0 amide bonds. The Morgan fingerprint density at radius 2 is 1.00 bits per heavy atom. The van der Waals surface area contributed by atoms with E-state index in [0.29, 0.717) is 19.6 Å². The second-order valence-electron chi connectivity index (χ2n) is 6.31. The fraction of sp³-hybridized carbons (Fsp3) is 1.00. The predicted octanol–water partition coefficient (Wildman–Crippen LogP) is 4.75. The molecule has 0 radical (unpaired) electrons. The molecule has 0 aromatic carbocycles. The fourth-order valence-electron chi connectivity index (χ4n) is 2.65. The van der Waals surface area contributed by atoms with E-state index in [9.17, 15) is 5.11 Å². The van der Waals surface area contributed by atoms with Gasteiger partial charge in [-0.05, 0) is 20.3 Å². The van der Waals surface area contributed by atoms with Gasteiger partial charge in [0.15, 0.2) is 0 Å². The van der Waals surface area contributed by atoms with Gasteiger partial charge in [0.2, 0.25) is 0 Å². The van der Waals surface area contributed by atoms with E-state index in [1.807, 2.05) is 13.8 Å².